The third-order valence-electron chi connectivity index (χ3n) is 1.00. The van der Waals surface area contributed by atoms with Crippen molar-refractivity contribution in [3.63, 3.8) is 0 Å². The lowest BCUT2D eigenvalue weighted by atomic mass is 10.3. The molecule has 0 aliphatic carbocycles. The molecule has 0 aliphatic heterocycles. The number of hydrogen-bond acceptors (Lipinski definition) is 2. The summed E-state index contributed by atoms with van der Waals surface area (Å²) in [5, 5.41) is 0. The normalized spacial score (nSPS) is 9.40. The van der Waals surface area contributed by atoms with Crippen LogP contribution in [-0.2, 0) is 0 Å². The third kappa shape index (κ3) is 2.40. The van der Waals surface area contributed by atoms with Crippen molar-refractivity contribution in [3.8, 4) is 0 Å². The molecule has 0 unspecified atom stereocenters. The number of rotatable bonds is 2. The minimum atomic E-state index is 1.00. The van der Waals surface area contributed by atoms with E-state index in [1.165, 1.54) is 0 Å². The first-order chi connectivity index (χ1) is 4.83. The Morgan fingerprint density at radius 1 is 1.30 bits per heavy atom. The van der Waals surface area contributed by atoms with Gasteiger partial charge in [-0.15, -0.1) is 0 Å². The fourth-order valence-corrected chi connectivity index (χ4v) is 1.32. The highest BCUT2D eigenvalue weighted by Gasteiger charge is 1.88. The summed E-state index contributed by atoms with van der Waals surface area (Å²) in [6.45, 7) is 0. The molecule has 1 aromatic carbocycles. The van der Waals surface area contributed by atoms with Crippen molar-refractivity contribution in [3.05, 3.63) is 28.7 Å². The van der Waals surface area contributed by atoms with Gasteiger partial charge in [0.1, 0.15) is 0 Å². The molecule has 1 N–H and O–H groups in total. The zero-order valence-electron chi connectivity index (χ0n) is 4.97. The highest BCUT2D eigenvalue weighted by Crippen LogP contribution is 2.18. The second-order valence-corrected chi connectivity index (χ2v) is 3.42. The first kappa shape index (κ1) is 8.24. The zero-order valence-corrected chi connectivity index (χ0v) is 8.13. The van der Waals surface area contributed by atoms with E-state index in [0.717, 1.165) is 21.3 Å². The molecule has 0 fully saturated rings. The molecule has 1 nitrogen and oxygen atoms in total. The number of nitrogens with one attached hydrogen (secondary N) is 1. The van der Waals surface area contributed by atoms with Crippen molar-refractivity contribution < 1.29 is 0 Å². The third-order valence-corrected chi connectivity index (χ3v) is 2.07. The molecule has 0 heterocycles. The van der Waals surface area contributed by atoms with Gasteiger partial charge in [-0.05, 0) is 34.9 Å². The predicted molar refractivity (Wildman–Crippen MR) is 51.2 cm³/mol. The van der Waals surface area contributed by atoms with Gasteiger partial charge in [-0.2, -0.15) is 0 Å². The Labute approximate surface area is 76.9 Å². The molecule has 10 heavy (non-hydrogen) atoms. The molecule has 0 bridgehead atoms. The van der Waals surface area contributed by atoms with Crippen LogP contribution in [-0.4, -0.2) is 0 Å². The number of hydrogen-bond donors (Lipinski definition) is 1. The Balaban J connectivity index is 2.69. The van der Waals surface area contributed by atoms with Crippen LogP contribution in [0.15, 0.2) is 28.7 Å². The molecule has 1 aromatic rings. The van der Waals surface area contributed by atoms with Crippen molar-refractivity contribution in [2.24, 2.45) is 0 Å². The lowest BCUT2D eigenvalue weighted by Crippen LogP contribution is -1.79. The zero-order chi connectivity index (χ0) is 7.40. The Bertz CT molecular complexity index is 201. The van der Waals surface area contributed by atoms with Crippen LogP contribution < -0.4 is 4.72 Å². The van der Waals surface area contributed by atoms with Gasteiger partial charge in [0.25, 0.3) is 0 Å². The summed E-state index contributed by atoms with van der Waals surface area (Å²) in [5.41, 5.74) is 1.00. The molecular formula is C6H5BrClNS. The lowest BCUT2D eigenvalue weighted by molar-refractivity contribution is 1.64. The van der Waals surface area contributed by atoms with Crippen molar-refractivity contribution in [1.29, 1.82) is 0 Å². The predicted octanol–water partition coefficient (Wildman–Crippen LogP) is 3.66. The summed E-state index contributed by atoms with van der Waals surface area (Å²) in [4.78, 5) is 0. The van der Waals surface area contributed by atoms with E-state index < -0.39 is 0 Å². The van der Waals surface area contributed by atoms with E-state index >= 15 is 0 Å². The Morgan fingerprint density at radius 3 is 2.40 bits per heavy atom. The molecule has 4 heteroatoms. The maximum absolute atomic E-state index is 5.37. The Hall–Kier alpha value is 0.140. The second-order valence-electron chi connectivity index (χ2n) is 1.69. The van der Waals surface area contributed by atoms with Gasteiger partial charge in [0, 0.05) is 10.2 Å². The van der Waals surface area contributed by atoms with Crippen LogP contribution in [0.2, 0.25) is 0 Å². The fourth-order valence-electron chi connectivity index (χ4n) is 0.562. The number of halogens is 2. The largest absolute Gasteiger partial charge is 0.317 e. The minimum absolute atomic E-state index is 1.00. The van der Waals surface area contributed by atoms with Crippen LogP contribution in [0.25, 0.3) is 0 Å². The highest BCUT2D eigenvalue weighted by atomic mass is 79.9. The summed E-state index contributed by atoms with van der Waals surface area (Å²) in [6, 6.07) is 7.80. The van der Waals surface area contributed by atoms with E-state index in [9.17, 15) is 0 Å². The van der Waals surface area contributed by atoms with Crippen LogP contribution in [0.4, 0.5) is 5.69 Å². The van der Waals surface area contributed by atoms with E-state index in [2.05, 4.69) is 20.7 Å². The van der Waals surface area contributed by atoms with Crippen molar-refractivity contribution in [2.45, 2.75) is 0 Å². The van der Waals surface area contributed by atoms with E-state index in [-0.39, 0.29) is 0 Å². The summed E-state index contributed by atoms with van der Waals surface area (Å²) in [6.07, 6.45) is 0. The van der Waals surface area contributed by atoms with E-state index in [1.54, 1.807) is 0 Å². The molecule has 0 amide bonds. The van der Waals surface area contributed by atoms with Crippen LogP contribution in [0.5, 0.6) is 0 Å². The number of benzene rings is 1. The van der Waals surface area contributed by atoms with Crippen LogP contribution >= 0.6 is 37.8 Å². The maximum Gasteiger partial charge on any atom is 0.0582 e. The van der Waals surface area contributed by atoms with Crippen LogP contribution in [0.3, 0.4) is 0 Å². The molecule has 0 aromatic heterocycles. The Morgan fingerprint density at radius 2 is 1.90 bits per heavy atom. The van der Waals surface area contributed by atoms with Gasteiger partial charge < -0.3 is 4.72 Å². The van der Waals surface area contributed by atoms with Gasteiger partial charge in [-0.1, -0.05) is 15.9 Å². The average molecular weight is 239 g/mol. The summed E-state index contributed by atoms with van der Waals surface area (Å²) >= 11 is 4.40. The maximum atomic E-state index is 5.37. The van der Waals surface area contributed by atoms with Crippen LogP contribution in [0, 0.1) is 0 Å². The molecule has 1 rings (SSSR count). The summed E-state index contributed by atoms with van der Waals surface area (Å²) in [7, 11) is 5.37. The smallest absolute Gasteiger partial charge is 0.0582 e. The first-order valence-corrected chi connectivity index (χ1v) is 5.05. The van der Waals surface area contributed by atoms with E-state index in [0.29, 0.717) is 0 Å². The molecule has 0 saturated carbocycles. The van der Waals surface area contributed by atoms with Gasteiger partial charge in [0.2, 0.25) is 0 Å². The molecule has 0 aliphatic rings. The van der Waals surface area contributed by atoms with Gasteiger partial charge in [0.15, 0.2) is 0 Å². The molecule has 0 radical (unpaired) electrons. The van der Waals surface area contributed by atoms with Gasteiger partial charge in [0.05, 0.1) is 11.2 Å². The van der Waals surface area contributed by atoms with Gasteiger partial charge in [-0.25, -0.2) is 0 Å². The standard InChI is InChI=1S/C6H5BrClNS/c7-5-1-3-6(4-2-5)9-10-8/h1-4,9H. The number of anilines is 1. The van der Waals surface area contributed by atoms with Crippen LogP contribution in [0.1, 0.15) is 0 Å². The van der Waals surface area contributed by atoms with Gasteiger partial charge in [-0.3, -0.25) is 0 Å². The summed E-state index contributed by atoms with van der Waals surface area (Å²) in [5.74, 6) is 0. The second kappa shape index (κ2) is 4.11. The quantitative estimate of drug-likeness (QED) is 0.789. The average Bonchev–Trinajstić information content (AvgIpc) is 1.95. The van der Waals surface area contributed by atoms with Crippen molar-refractivity contribution in [1.82, 2.24) is 0 Å². The molecule has 0 saturated heterocycles. The molecule has 0 atom stereocenters. The first-order valence-electron chi connectivity index (χ1n) is 2.62. The highest BCUT2D eigenvalue weighted by molar-refractivity contribution is 9.10. The monoisotopic (exact) mass is 237 g/mol. The molecule has 54 valence electrons. The minimum Gasteiger partial charge on any atom is -0.317 e. The summed E-state index contributed by atoms with van der Waals surface area (Å²) < 4.78 is 3.96. The van der Waals surface area contributed by atoms with E-state index in [4.69, 9.17) is 10.7 Å². The van der Waals surface area contributed by atoms with Gasteiger partial charge >= 0.3 is 0 Å². The Kier molecular flexibility index (Phi) is 3.39. The van der Waals surface area contributed by atoms with Crippen molar-refractivity contribution in [2.75, 3.05) is 4.72 Å². The van der Waals surface area contributed by atoms with E-state index in [1.807, 2.05) is 24.3 Å². The van der Waals surface area contributed by atoms with Crippen molar-refractivity contribution >= 4 is 43.5 Å². The fraction of sp³-hybridized carbons (Fsp3) is 0. The lowest BCUT2D eigenvalue weighted by Gasteiger charge is -1.98. The topological polar surface area (TPSA) is 12.0 Å². The SMILES string of the molecule is ClSNc1ccc(Br)cc1. The molecule has 0 spiro atoms. The molecular weight excluding hydrogens is 233 g/mol.